The average molecular weight is 235 g/mol. The molecule has 5 nitrogen and oxygen atoms in total. The van der Waals surface area contributed by atoms with Gasteiger partial charge in [-0.25, -0.2) is 4.98 Å². The minimum atomic E-state index is 0.397. The van der Waals surface area contributed by atoms with Crippen molar-refractivity contribution in [3.8, 4) is 5.75 Å². The molecule has 2 N–H and O–H groups in total. The average Bonchev–Trinajstić information content (AvgIpc) is 2.39. The van der Waals surface area contributed by atoms with Crippen molar-refractivity contribution in [2.24, 2.45) is 0 Å². The molecule has 1 amide bonds. The fourth-order valence-electron chi connectivity index (χ4n) is 2.26. The van der Waals surface area contributed by atoms with Crippen LogP contribution in [0.15, 0.2) is 12.3 Å². The van der Waals surface area contributed by atoms with E-state index in [1.54, 1.807) is 24.3 Å². The molecule has 0 radical (unpaired) electrons. The summed E-state index contributed by atoms with van der Waals surface area (Å²) in [6.45, 7) is 1.59. The van der Waals surface area contributed by atoms with Gasteiger partial charge in [0.15, 0.2) is 0 Å². The summed E-state index contributed by atoms with van der Waals surface area (Å²) in [7, 11) is 1.64. The molecule has 17 heavy (non-hydrogen) atoms. The van der Waals surface area contributed by atoms with Gasteiger partial charge in [0.05, 0.1) is 7.11 Å². The highest BCUT2D eigenvalue weighted by molar-refractivity contribution is 5.48. The largest absolute Gasteiger partial charge is 0.496 e. The van der Waals surface area contributed by atoms with E-state index in [2.05, 4.69) is 4.98 Å². The van der Waals surface area contributed by atoms with Gasteiger partial charge in [0.1, 0.15) is 11.6 Å². The first-order valence-electron chi connectivity index (χ1n) is 5.73. The molecular weight excluding hydrogens is 218 g/mol. The first kappa shape index (κ1) is 11.7. The molecule has 5 heteroatoms. The van der Waals surface area contributed by atoms with Crippen LogP contribution in [-0.4, -0.2) is 36.5 Å². The quantitative estimate of drug-likeness (QED) is 0.794. The highest BCUT2D eigenvalue weighted by atomic mass is 16.5. The molecule has 92 valence electrons. The van der Waals surface area contributed by atoms with E-state index >= 15 is 0 Å². The molecule has 0 aromatic carbocycles. The van der Waals surface area contributed by atoms with Gasteiger partial charge >= 0.3 is 0 Å². The van der Waals surface area contributed by atoms with Gasteiger partial charge in [-0.15, -0.1) is 0 Å². The third-order valence-electron chi connectivity index (χ3n) is 3.25. The van der Waals surface area contributed by atoms with Crippen LogP contribution < -0.4 is 10.5 Å². The third-order valence-corrected chi connectivity index (χ3v) is 3.25. The first-order chi connectivity index (χ1) is 8.24. The van der Waals surface area contributed by atoms with E-state index in [0.29, 0.717) is 11.7 Å². The molecule has 2 rings (SSSR count). The number of nitrogen functional groups attached to an aromatic ring is 1. The summed E-state index contributed by atoms with van der Waals surface area (Å²) < 4.78 is 5.33. The number of rotatable bonds is 3. The van der Waals surface area contributed by atoms with E-state index in [1.807, 2.05) is 0 Å². The lowest BCUT2D eigenvalue weighted by atomic mass is 9.90. The number of anilines is 1. The number of hydrogen-bond acceptors (Lipinski definition) is 4. The molecule has 1 fully saturated rings. The maximum atomic E-state index is 10.6. The van der Waals surface area contributed by atoms with E-state index in [9.17, 15) is 4.79 Å². The van der Waals surface area contributed by atoms with E-state index in [1.165, 1.54) is 0 Å². The van der Waals surface area contributed by atoms with E-state index in [4.69, 9.17) is 10.5 Å². The molecule has 0 atom stereocenters. The molecular formula is C12H17N3O2. The van der Waals surface area contributed by atoms with Crippen LogP contribution in [0.1, 0.15) is 24.3 Å². The number of carbonyl (C=O) groups is 1. The number of nitrogens with two attached hydrogens (primary N) is 1. The summed E-state index contributed by atoms with van der Waals surface area (Å²) in [6.07, 6.45) is 4.59. The number of pyridine rings is 1. The van der Waals surface area contributed by atoms with Gasteiger partial charge in [0.2, 0.25) is 6.41 Å². The van der Waals surface area contributed by atoms with Gasteiger partial charge in [-0.2, -0.15) is 0 Å². The molecule has 1 aromatic heterocycles. The number of nitrogens with zero attached hydrogens (tertiary/aromatic N) is 2. The normalized spacial score (nSPS) is 16.9. The molecule has 0 unspecified atom stereocenters. The number of ether oxygens (including phenoxy) is 1. The van der Waals surface area contributed by atoms with E-state index in [0.717, 1.165) is 43.7 Å². The van der Waals surface area contributed by atoms with Crippen molar-refractivity contribution in [1.82, 2.24) is 9.88 Å². The fraction of sp³-hybridized carbons (Fsp3) is 0.500. The first-order valence-corrected chi connectivity index (χ1v) is 5.73. The van der Waals surface area contributed by atoms with Crippen molar-refractivity contribution in [1.29, 1.82) is 0 Å². The Bertz CT molecular complexity index is 401. The van der Waals surface area contributed by atoms with Gasteiger partial charge in [-0.1, -0.05) is 0 Å². The Hall–Kier alpha value is -1.78. The van der Waals surface area contributed by atoms with Gasteiger partial charge < -0.3 is 15.4 Å². The second kappa shape index (κ2) is 5.03. The van der Waals surface area contributed by atoms with Crippen LogP contribution in [0.4, 0.5) is 5.82 Å². The predicted molar refractivity (Wildman–Crippen MR) is 64.8 cm³/mol. The van der Waals surface area contributed by atoms with Gasteiger partial charge in [-0.05, 0) is 18.8 Å². The molecule has 2 heterocycles. The Morgan fingerprint density at radius 1 is 1.53 bits per heavy atom. The molecule has 1 aliphatic rings. The Kier molecular flexibility index (Phi) is 3.46. The minimum absolute atomic E-state index is 0.397. The molecule has 1 aliphatic heterocycles. The Morgan fingerprint density at radius 2 is 2.24 bits per heavy atom. The van der Waals surface area contributed by atoms with Crippen molar-refractivity contribution < 1.29 is 9.53 Å². The van der Waals surface area contributed by atoms with Crippen LogP contribution in [0, 0.1) is 0 Å². The summed E-state index contributed by atoms with van der Waals surface area (Å²) in [6, 6.07) is 1.75. The van der Waals surface area contributed by atoms with E-state index < -0.39 is 0 Å². The van der Waals surface area contributed by atoms with E-state index in [-0.39, 0.29) is 0 Å². The number of aromatic nitrogens is 1. The Balaban J connectivity index is 2.15. The maximum absolute atomic E-state index is 10.6. The second-order valence-corrected chi connectivity index (χ2v) is 4.27. The summed E-state index contributed by atoms with van der Waals surface area (Å²) in [5.74, 6) is 1.66. The second-order valence-electron chi connectivity index (χ2n) is 4.27. The fourth-order valence-corrected chi connectivity index (χ4v) is 2.26. The summed E-state index contributed by atoms with van der Waals surface area (Å²) in [5, 5.41) is 0. The molecule has 0 saturated carbocycles. The van der Waals surface area contributed by atoms with Crippen molar-refractivity contribution in [2.45, 2.75) is 18.8 Å². The van der Waals surface area contributed by atoms with Crippen molar-refractivity contribution in [3.05, 3.63) is 17.8 Å². The summed E-state index contributed by atoms with van der Waals surface area (Å²) in [5.41, 5.74) is 6.72. The Labute approximate surface area is 101 Å². The lowest BCUT2D eigenvalue weighted by molar-refractivity contribution is -0.119. The lowest BCUT2D eigenvalue weighted by Crippen LogP contribution is -2.31. The van der Waals surface area contributed by atoms with Crippen molar-refractivity contribution in [2.75, 3.05) is 25.9 Å². The topological polar surface area (TPSA) is 68.5 Å². The molecule has 1 aromatic rings. The number of piperidine rings is 1. The summed E-state index contributed by atoms with van der Waals surface area (Å²) in [4.78, 5) is 16.6. The predicted octanol–water partition coefficient (Wildman–Crippen LogP) is 1.01. The zero-order valence-corrected chi connectivity index (χ0v) is 9.93. The van der Waals surface area contributed by atoms with Crippen LogP contribution in [-0.2, 0) is 4.79 Å². The van der Waals surface area contributed by atoms with Crippen LogP contribution in [0.3, 0.4) is 0 Å². The molecule has 0 spiro atoms. The smallest absolute Gasteiger partial charge is 0.209 e. The van der Waals surface area contributed by atoms with Crippen LogP contribution in [0.5, 0.6) is 5.75 Å². The van der Waals surface area contributed by atoms with Crippen LogP contribution in [0.2, 0.25) is 0 Å². The SMILES string of the molecule is COc1cc(N)ncc1C1CCN(C=O)CC1. The number of likely N-dealkylation sites (tertiary alicyclic amines) is 1. The Morgan fingerprint density at radius 3 is 2.82 bits per heavy atom. The lowest BCUT2D eigenvalue weighted by Gasteiger charge is -2.29. The number of hydrogen-bond donors (Lipinski definition) is 1. The monoisotopic (exact) mass is 235 g/mol. The van der Waals surface area contributed by atoms with Crippen LogP contribution in [0.25, 0.3) is 0 Å². The zero-order chi connectivity index (χ0) is 12.3. The third kappa shape index (κ3) is 2.49. The number of carbonyl (C=O) groups excluding carboxylic acids is 1. The summed E-state index contributed by atoms with van der Waals surface area (Å²) >= 11 is 0. The zero-order valence-electron chi connectivity index (χ0n) is 9.93. The van der Waals surface area contributed by atoms with Crippen molar-refractivity contribution in [3.63, 3.8) is 0 Å². The van der Waals surface area contributed by atoms with Gasteiger partial charge in [0, 0.05) is 30.9 Å². The standard InChI is InChI=1S/C12H17N3O2/c1-17-11-6-12(13)14-7-10(11)9-2-4-15(8-16)5-3-9/h6-9H,2-5H2,1H3,(H2,13,14). The van der Waals surface area contributed by atoms with Gasteiger partial charge in [-0.3, -0.25) is 4.79 Å². The maximum Gasteiger partial charge on any atom is 0.209 e. The molecule has 0 bridgehead atoms. The highest BCUT2D eigenvalue weighted by Crippen LogP contribution is 2.34. The highest BCUT2D eigenvalue weighted by Gasteiger charge is 2.22. The van der Waals surface area contributed by atoms with Crippen molar-refractivity contribution >= 4 is 12.2 Å². The minimum Gasteiger partial charge on any atom is -0.496 e. The number of methoxy groups -OCH3 is 1. The molecule has 0 aliphatic carbocycles. The van der Waals surface area contributed by atoms with Crippen LogP contribution >= 0.6 is 0 Å². The molecule has 1 saturated heterocycles. The van der Waals surface area contributed by atoms with Gasteiger partial charge in [0.25, 0.3) is 0 Å². The number of amides is 1.